The van der Waals surface area contributed by atoms with Gasteiger partial charge < -0.3 is 15.8 Å². The average molecular weight is 422 g/mol. The maximum absolute atomic E-state index is 12.6. The molecule has 10 heteroatoms. The summed E-state index contributed by atoms with van der Waals surface area (Å²) in [4.78, 5) is 38.8. The van der Waals surface area contributed by atoms with Gasteiger partial charge in [-0.2, -0.15) is 5.10 Å². The van der Waals surface area contributed by atoms with Gasteiger partial charge in [0.1, 0.15) is 5.00 Å². The molecule has 0 saturated heterocycles. The fraction of sp³-hybridized carbons (Fsp3) is 0.474. The molecule has 158 valence electrons. The van der Waals surface area contributed by atoms with Gasteiger partial charge in [0.25, 0.3) is 5.91 Å². The Bertz CT molecular complexity index is 931. The minimum absolute atomic E-state index is 0.0931. The molecule has 0 aliphatic rings. The number of thiophene rings is 1. The first-order valence-electron chi connectivity index (χ1n) is 9.11. The first-order valence-corrected chi connectivity index (χ1v) is 9.92. The maximum Gasteiger partial charge on any atom is 0.341 e. The molecule has 2 aromatic heterocycles. The van der Waals surface area contributed by atoms with E-state index in [2.05, 4.69) is 10.4 Å². The minimum atomic E-state index is -0.657. The van der Waals surface area contributed by atoms with Crippen molar-refractivity contribution in [1.29, 1.82) is 0 Å². The highest BCUT2D eigenvalue weighted by Gasteiger charge is 2.26. The molecule has 29 heavy (non-hydrogen) atoms. The Labute approximate surface area is 173 Å². The molecule has 2 aromatic rings. The van der Waals surface area contributed by atoms with Crippen molar-refractivity contribution < 1.29 is 19.1 Å². The summed E-state index contributed by atoms with van der Waals surface area (Å²) >= 11 is 0.976. The smallest absolute Gasteiger partial charge is 0.341 e. The summed E-state index contributed by atoms with van der Waals surface area (Å²) in [7, 11) is 3.66. The molecule has 0 bridgehead atoms. The van der Waals surface area contributed by atoms with E-state index in [-0.39, 0.29) is 34.0 Å². The molecule has 0 saturated carbocycles. The normalized spacial score (nSPS) is 11.2. The van der Waals surface area contributed by atoms with Gasteiger partial charge in [0.2, 0.25) is 5.91 Å². The van der Waals surface area contributed by atoms with E-state index in [1.54, 1.807) is 25.5 Å². The van der Waals surface area contributed by atoms with E-state index in [0.717, 1.165) is 22.6 Å². The number of amides is 2. The number of esters is 1. The minimum Gasteiger partial charge on any atom is -0.459 e. The number of nitrogens with one attached hydrogen (secondary N) is 1. The SMILES string of the molecule is Cc1nn(C)cc1CN(C)CC(=O)Nc1sc(C(N)=O)c(C)c1C(=O)OC(C)C. The molecule has 9 nitrogen and oxygen atoms in total. The van der Waals surface area contributed by atoms with Crippen LogP contribution in [0.2, 0.25) is 0 Å². The summed E-state index contributed by atoms with van der Waals surface area (Å²) in [6, 6.07) is 0. The van der Waals surface area contributed by atoms with Crippen LogP contribution >= 0.6 is 11.3 Å². The van der Waals surface area contributed by atoms with Gasteiger partial charge in [0, 0.05) is 25.4 Å². The summed E-state index contributed by atoms with van der Waals surface area (Å²) in [5, 5.41) is 7.28. The van der Waals surface area contributed by atoms with Crippen molar-refractivity contribution in [3.05, 3.63) is 33.5 Å². The second-order valence-corrected chi connectivity index (χ2v) is 8.23. The molecule has 0 aliphatic heterocycles. The van der Waals surface area contributed by atoms with Crippen LogP contribution in [0.3, 0.4) is 0 Å². The van der Waals surface area contributed by atoms with Gasteiger partial charge in [-0.15, -0.1) is 11.3 Å². The van der Waals surface area contributed by atoms with Crippen LogP contribution in [0.4, 0.5) is 5.00 Å². The fourth-order valence-electron chi connectivity index (χ4n) is 2.92. The van der Waals surface area contributed by atoms with E-state index < -0.39 is 11.9 Å². The first kappa shape index (κ1) is 22.6. The van der Waals surface area contributed by atoms with Crippen LogP contribution in [-0.4, -0.2) is 52.2 Å². The highest BCUT2D eigenvalue weighted by atomic mass is 32.1. The number of nitrogens with zero attached hydrogens (tertiary/aromatic N) is 3. The lowest BCUT2D eigenvalue weighted by Crippen LogP contribution is -2.30. The van der Waals surface area contributed by atoms with Crippen LogP contribution in [-0.2, 0) is 23.1 Å². The van der Waals surface area contributed by atoms with Gasteiger partial charge in [-0.1, -0.05) is 0 Å². The molecule has 0 radical (unpaired) electrons. The monoisotopic (exact) mass is 421 g/mol. The van der Waals surface area contributed by atoms with E-state index in [9.17, 15) is 14.4 Å². The van der Waals surface area contributed by atoms with Gasteiger partial charge >= 0.3 is 5.97 Å². The van der Waals surface area contributed by atoms with Crippen LogP contribution in [0.25, 0.3) is 0 Å². The molecule has 0 aliphatic carbocycles. The lowest BCUT2D eigenvalue weighted by Gasteiger charge is -2.16. The number of aryl methyl sites for hydroxylation is 2. The Morgan fingerprint density at radius 2 is 2.00 bits per heavy atom. The Balaban J connectivity index is 2.16. The second kappa shape index (κ2) is 9.19. The molecular weight excluding hydrogens is 394 g/mol. The quantitative estimate of drug-likeness (QED) is 0.628. The zero-order chi connectivity index (χ0) is 21.9. The van der Waals surface area contributed by atoms with E-state index in [1.807, 2.05) is 32.1 Å². The number of nitrogens with two attached hydrogens (primary N) is 1. The van der Waals surface area contributed by atoms with Crippen LogP contribution in [0.1, 0.15) is 50.7 Å². The summed E-state index contributed by atoms with van der Waals surface area (Å²) in [6.45, 7) is 7.61. The number of ether oxygens (including phenoxy) is 1. The number of primary amides is 1. The lowest BCUT2D eigenvalue weighted by atomic mass is 10.1. The molecule has 2 amide bonds. The number of hydrogen-bond acceptors (Lipinski definition) is 7. The Kier molecular flexibility index (Phi) is 7.15. The third kappa shape index (κ3) is 5.64. The van der Waals surface area contributed by atoms with Gasteiger partial charge in [0.15, 0.2) is 0 Å². The highest BCUT2D eigenvalue weighted by molar-refractivity contribution is 7.18. The van der Waals surface area contributed by atoms with Crippen molar-refractivity contribution >= 4 is 34.1 Å². The Hall–Kier alpha value is -2.72. The summed E-state index contributed by atoms with van der Waals surface area (Å²) in [6.07, 6.45) is 1.57. The van der Waals surface area contributed by atoms with Crippen LogP contribution in [0.15, 0.2) is 6.20 Å². The van der Waals surface area contributed by atoms with Crippen molar-refractivity contribution in [3.8, 4) is 0 Å². The first-order chi connectivity index (χ1) is 13.5. The number of rotatable bonds is 8. The van der Waals surface area contributed by atoms with Gasteiger partial charge in [-0.25, -0.2) is 4.79 Å². The molecule has 3 N–H and O–H groups in total. The zero-order valence-electron chi connectivity index (χ0n) is 17.5. The van der Waals surface area contributed by atoms with Crippen molar-refractivity contribution in [2.45, 2.75) is 40.3 Å². The molecule has 0 spiro atoms. The predicted octanol–water partition coefficient (Wildman–Crippen LogP) is 1.83. The van der Waals surface area contributed by atoms with E-state index in [0.29, 0.717) is 12.1 Å². The van der Waals surface area contributed by atoms with Crippen LogP contribution in [0, 0.1) is 13.8 Å². The number of carbonyl (C=O) groups is 3. The average Bonchev–Trinajstić information content (AvgIpc) is 3.05. The van der Waals surface area contributed by atoms with Gasteiger partial charge in [-0.3, -0.25) is 19.2 Å². The van der Waals surface area contributed by atoms with E-state index in [4.69, 9.17) is 10.5 Å². The van der Waals surface area contributed by atoms with Crippen LogP contribution in [0.5, 0.6) is 0 Å². The number of hydrogen-bond donors (Lipinski definition) is 2. The molecule has 0 unspecified atom stereocenters. The lowest BCUT2D eigenvalue weighted by molar-refractivity contribution is -0.117. The zero-order valence-corrected chi connectivity index (χ0v) is 18.3. The summed E-state index contributed by atoms with van der Waals surface area (Å²) < 4.78 is 6.98. The van der Waals surface area contributed by atoms with Gasteiger partial charge in [0.05, 0.1) is 28.8 Å². The molecular formula is C19H27N5O4S. The molecule has 0 aromatic carbocycles. The predicted molar refractivity (Wildman–Crippen MR) is 111 cm³/mol. The van der Waals surface area contributed by atoms with Crippen molar-refractivity contribution in [3.63, 3.8) is 0 Å². The standard InChI is InChI=1S/C19H27N5O4S/c1-10(2)28-19(27)15-11(3)16(17(20)26)29-18(15)21-14(25)9-23(5)7-13-8-24(6)22-12(13)4/h8,10H,7,9H2,1-6H3,(H2,20,26)(H,21,25). The van der Waals surface area contributed by atoms with Crippen molar-refractivity contribution in [1.82, 2.24) is 14.7 Å². The van der Waals surface area contributed by atoms with Crippen LogP contribution < -0.4 is 11.1 Å². The highest BCUT2D eigenvalue weighted by Crippen LogP contribution is 2.33. The number of aromatic nitrogens is 2. The topological polar surface area (TPSA) is 120 Å². The maximum atomic E-state index is 12.6. The van der Waals surface area contributed by atoms with E-state index >= 15 is 0 Å². The Morgan fingerprint density at radius 3 is 2.52 bits per heavy atom. The molecule has 0 atom stereocenters. The Morgan fingerprint density at radius 1 is 1.34 bits per heavy atom. The molecule has 2 rings (SSSR count). The van der Waals surface area contributed by atoms with Gasteiger partial charge in [-0.05, 0) is 40.3 Å². The summed E-state index contributed by atoms with van der Waals surface area (Å²) in [5.41, 5.74) is 7.89. The fourth-order valence-corrected chi connectivity index (χ4v) is 3.98. The third-order valence-corrected chi connectivity index (χ3v) is 5.36. The number of carbonyl (C=O) groups excluding carboxylic acids is 3. The summed E-state index contributed by atoms with van der Waals surface area (Å²) in [5.74, 6) is -1.57. The largest absolute Gasteiger partial charge is 0.459 e. The number of anilines is 1. The second-order valence-electron chi connectivity index (χ2n) is 7.21. The third-order valence-electron chi connectivity index (χ3n) is 4.14. The molecule has 2 heterocycles. The van der Waals surface area contributed by atoms with E-state index in [1.165, 1.54) is 0 Å². The van der Waals surface area contributed by atoms with Crippen molar-refractivity contribution in [2.24, 2.45) is 12.8 Å². The number of likely N-dealkylation sites (N-methyl/N-ethyl adjacent to an activating group) is 1. The van der Waals surface area contributed by atoms with Crippen molar-refractivity contribution in [2.75, 3.05) is 18.9 Å². The molecule has 0 fully saturated rings.